The highest BCUT2D eigenvalue weighted by Crippen LogP contribution is 2.38. The lowest BCUT2D eigenvalue weighted by Gasteiger charge is -2.47. The van der Waals surface area contributed by atoms with Gasteiger partial charge in [-0.05, 0) is 68.9 Å². The smallest absolute Gasteiger partial charge is 0.254 e. The number of aromatic nitrogens is 2. The van der Waals surface area contributed by atoms with E-state index in [1.165, 1.54) is 17.7 Å². The monoisotopic (exact) mass is 575 g/mol. The zero-order valence-electron chi connectivity index (χ0n) is 25.2. The Kier molecular flexibility index (Phi) is 8.07. The highest BCUT2D eigenvalue weighted by atomic mass is 19.1. The van der Waals surface area contributed by atoms with Crippen molar-refractivity contribution in [3.05, 3.63) is 59.4 Å². The van der Waals surface area contributed by atoms with Crippen LogP contribution >= 0.6 is 0 Å². The Morgan fingerprint density at radius 2 is 1.88 bits per heavy atom. The maximum absolute atomic E-state index is 14.6. The minimum absolute atomic E-state index is 0.0757. The normalized spacial score (nSPS) is 21.5. The van der Waals surface area contributed by atoms with Gasteiger partial charge in [0.25, 0.3) is 5.91 Å². The number of amides is 2. The fourth-order valence-corrected chi connectivity index (χ4v) is 7.00. The van der Waals surface area contributed by atoms with E-state index in [0.717, 1.165) is 61.5 Å². The van der Waals surface area contributed by atoms with E-state index in [1.54, 1.807) is 11.0 Å². The van der Waals surface area contributed by atoms with Crippen LogP contribution in [0.1, 0.15) is 67.7 Å². The first kappa shape index (κ1) is 28.8. The third kappa shape index (κ3) is 5.33. The quantitative estimate of drug-likeness (QED) is 0.425. The largest absolute Gasteiger partial charge is 0.377 e. The summed E-state index contributed by atoms with van der Waals surface area (Å²) >= 11 is 0. The number of halogens is 1. The standard InChI is InChI=1S/C33H42FN5O3/c1-5-32(40)36-10-8-24(9-11-36)22(3)37-17-26(18-37)25-14-29(31-16-35-23(4)39(31)19-25)28-7-6-27(34)15-30(28)33(41)38-12-13-42-20-21(38)2/h6-7,14-16,19,21-22,24,26H,5,8-13,17-18,20H2,1-4H3/t21-,22+/m1/s1. The maximum atomic E-state index is 14.6. The van der Waals surface area contributed by atoms with Gasteiger partial charge in [0.2, 0.25) is 5.91 Å². The van der Waals surface area contributed by atoms with Crippen molar-refractivity contribution in [2.45, 2.75) is 65.0 Å². The Hall–Kier alpha value is -3.30. The van der Waals surface area contributed by atoms with Crippen molar-refractivity contribution in [3.63, 3.8) is 0 Å². The lowest BCUT2D eigenvalue weighted by atomic mass is 9.83. The van der Waals surface area contributed by atoms with Crippen LogP contribution in [0.2, 0.25) is 0 Å². The van der Waals surface area contributed by atoms with E-state index < -0.39 is 5.82 Å². The van der Waals surface area contributed by atoms with Crippen LogP contribution in [0, 0.1) is 18.7 Å². The molecule has 3 aliphatic heterocycles. The highest BCUT2D eigenvalue weighted by Gasteiger charge is 2.37. The van der Waals surface area contributed by atoms with Crippen molar-refractivity contribution in [1.82, 2.24) is 24.1 Å². The molecule has 0 N–H and O–H groups in total. The molecule has 0 radical (unpaired) electrons. The summed E-state index contributed by atoms with van der Waals surface area (Å²) in [7, 11) is 0. The summed E-state index contributed by atoms with van der Waals surface area (Å²) in [5.74, 6) is 1.50. The molecule has 3 saturated heterocycles. The molecule has 2 aromatic heterocycles. The Bertz CT molecular complexity index is 1470. The number of morpholine rings is 1. The molecule has 3 fully saturated rings. The number of benzene rings is 1. The van der Waals surface area contributed by atoms with Gasteiger partial charge >= 0.3 is 0 Å². The number of piperidine rings is 1. The van der Waals surface area contributed by atoms with Gasteiger partial charge in [0, 0.05) is 62.9 Å². The first-order valence-electron chi connectivity index (χ1n) is 15.4. The second-order valence-electron chi connectivity index (χ2n) is 12.3. The zero-order chi connectivity index (χ0) is 29.5. The number of carbonyl (C=O) groups excluding carboxylic acids is 2. The summed E-state index contributed by atoms with van der Waals surface area (Å²) in [5.41, 5.74) is 4.11. The molecule has 3 aromatic rings. The number of carbonyl (C=O) groups is 2. The van der Waals surface area contributed by atoms with E-state index in [9.17, 15) is 14.0 Å². The number of fused-ring (bicyclic) bond motifs is 1. The summed E-state index contributed by atoms with van der Waals surface area (Å²) < 4.78 is 22.2. The summed E-state index contributed by atoms with van der Waals surface area (Å²) in [6.45, 7) is 13.3. The van der Waals surface area contributed by atoms with E-state index in [2.05, 4.69) is 33.5 Å². The first-order valence-corrected chi connectivity index (χ1v) is 15.4. The molecular weight excluding hydrogens is 533 g/mol. The van der Waals surface area contributed by atoms with Crippen LogP contribution < -0.4 is 0 Å². The Labute approximate surface area is 247 Å². The van der Waals surface area contributed by atoms with Crippen LogP contribution in [0.15, 0.2) is 36.7 Å². The Morgan fingerprint density at radius 1 is 1.12 bits per heavy atom. The topological polar surface area (TPSA) is 70.4 Å². The molecule has 5 heterocycles. The number of likely N-dealkylation sites (tertiary alicyclic amines) is 2. The molecule has 8 nitrogen and oxygen atoms in total. The van der Waals surface area contributed by atoms with Crippen LogP contribution in [-0.4, -0.2) is 93.9 Å². The van der Waals surface area contributed by atoms with Crippen molar-refractivity contribution in [2.75, 3.05) is 45.9 Å². The lowest BCUT2D eigenvalue weighted by Crippen LogP contribution is -2.54. The van der Waals surface area contributed by atoms with Gasteiger partial charge in [0.15, 0.2) is 0 Å². The molecular formula is C33H42FN5O3. The second kappa shape index (κ2) is 11.8. The second-order valence-corrected chi connectivity index (χ2v) is 12.3. The van der Waals surface area contributed by atoms with Gasteiger partial charge in [-0.15, -0.1) is 0 Å². The number of nitrogens with zero attached hydrogens (tertiary/aromatic N) is 5. The summed E-state index contributed by atoms with van der Waals surface area (Å²) in [6.07, 6.45) is 6.71. The number of pyridine rings is 1. The van der Waals surface area contributed by atoms with E-state index in [1.807, 2.05) is 31.9 Å². The van der Waals surface area contributed by atoms with Crippen LogP contribution in [0.5, 0.6) is 0 Å². The minimum atomic E-state index is -0.423. The summed E-state index contributed by atoms with van der Waals surface area (Å²) in [5, 5.41) is 0. The predicted octanol–water partition coefficient (Wildman–Crippen LogP) is 4.75. The molecule has 1 aromatic carbocycles. The molecule has 6 rings (SSSR count). The fourth-order valence-electron chi connectivity index (χ4n) is 7.00. The molecule has 42 heavy (non-hydrogen) atoms. The van der Waals surface area contributed by atoms with Crippen molar-refractivity contribution in [2.24, 2.45) is 5.92 Å². The van der Waals surface area contributed by atoms with Crippen molar-refractivity contribution in [1.29, 1.82) is 0 Å². The third-order valence-electron chi connectivity index (χ3n) is 9.81. The van der Waals surface area contributed by atoms with Crippen LogP contribution in [0.4, 0.5) is 4.39 Å². The van der Waals surface area contributed by atoms with Crippen LogP contribution in [-0.2, 0) is 9.53 Å². The minimum Gasteiger partial charge on any atom is -0.377 e. The molecule has 0 aliphatic carbocycles. The van der Waals surface area contributed by atoms with Crippen LogP contribution in [0.25, 0.3) is 16.6 Å². The third-order valence-corrected chi connectivity index (χ3v) is 9.81. The molecule has 2 amide bonds. The lowest BCUT2D eigenvalue weighted by molar-refractivity contribution is -0.132. The van der Waals surface area contributed by atoms with Crippen molar-refractivity contribution >= 4 is 17.3 Å². The number of ether oxygens (including phenoxy) is 1. The van der Waals surface area contributed by atoms with Crippen molar-refractivity contribution in [3.8, 4) is 11.1 Å². The molecule has 0 bridgehead atoms. The number of aryl methyl sites for hydroxylation is 1. The fraction of sp³-hybridized carbons (Fsp3) is 0.545. The molecule has 2 atom stereocenters. The van der Waals surface area contributed by atoms with E-state index in [0.29, 0.717) is 49.6 Å². The van der Waals surface area contributed by atoms with Gasteiger partial charge in [0.05, 0.1) is 36.5 Å². The van der Waals surface area contributed by atoms with Gasteiger partial charge in [0.1, 0.15) is 11.6 Å². The highest BCUT2D eigenvalue weighted by molar-refractivity contribution is 6.03. The number of rotatable bonds is 6. The number of hydrogen-bond acceptors (Lipinski definition) is 5. The van der Waals surface area contributed by atoms with E-state index >= 15 is 0 Å². The van der Waals surface area contributed by atoms with Gasteiger partial charge in [-0.2, -0.15) is 0 Å². The van der Waals surface area contributed by atoms with E-state index in [4.69, 9.17) is 4.74 Å². The van der Waals surface area contributed by atoms with E-state index in [-0.39, 0.29) is 17.9 Å². The zero-order valence-corrected chi connectivity index (χ0v) is 25.2. The SMILES string of the molecule is CCC(=O)N1CCC([C@H](C)N2CC(c3cc(-c4ccc(F)cc4C(=O)N4CCOC[C@H]4C)c4cnc(C)n4c3)C2)CC1. The molecule has 0 unspecified atom stereocenters. The van der Waals surface area contributed by atoms with Crippen molar-refractivity contribution < 1.29 is 18.7 Å². The molecule has 224 valence electrons. The average molecular weight is 576 g/mol. The average Bonchev–Trinajstić information content (AvgIpc) is 3.36. The van der Waals surface area contributed by atoms with Gasteiger partial charge < -0.3 is 18.9 Å². The maximum Gasteiger partial charge on any atom is 0.254 e. The summed E-state index contributed by atoms with van der Waals surface area (Å²) in [4.78, 5) is 36.8. The van der Waals surface area contributed by atoms with Gasteiger partial charge in [-0.3, -0.25) is 14.5 Å². The Morgan fingerprint density at radius 3 is 2.60 bits per heavy atom. The number of imidazole rings is 1. The van der Waals surface area contributed by atoms with Crippen LogP contribution in [0.3, 0.4) is 0 Å². The first-order chi connectivity index (χ1) is 20.2. The molecule has 0 spiro atoms. The van der Waals surface area contributed by atoms with Gasteiger partial charge in [-0.25, -0.2) is 9.37 Å². The Balaban J connectivity index is 1.25. The summed E-state index contributed by atoms with van der Waals surface area (Å²) in [6, 6.07) is 7.12. The predicted molar refractivity (Wildman–Crippen MR) is 160 cm³/mol. The van der Waals surface area contributed by atoms with Gasteiger partial charge in [-0.1, -0.05) is 13.0 Å². The molecule has 9 heteroatoms. The number of hydrogen-bond donors (Lipinski definition) is 0. The molecule has 0 saturated carbocycles. The molecule has 3 aliphatic rings.